The summed E-state index contributed by atoms with van der Waals surface area (Å²) in [4.78, 5) is 49.1. The Morgan fingerprint density at radius 3 is 2.22 bits per heavy atom. The molecule has 0 aliphatic heterocycles. The number of carbonyl (C=O) groups is 4. The summed E-state index contributed by atoms with van der Waals surface area (Å²) in [5.74, 6) is -0.893. The van der Waals surface area contributed by atoms with Gasteiger partial charge in [0.1, 0.15) is 18.4 Å². The number of ether oxygens (including phenoxy) is 2. The SMILES string of the molecule is COc1cc(COC(=O)C(C)C)ccc1NC(=O)[C@H](CCCNC(N)=O)NC(=O)[C@@H](NC(C)C)C(C)C. The van der Waals surface area contributed by atoms with Crippen LogP contribution in [-0.4, -0.2) is 55.6 Å². The topological polar surface area (TPSA) is 161 Å². The third-order valence-electron chi connectivity index (χ3n) is 5.44. The molecule has 0 saturated carbocycles. The van der Waals surface area contributed by atoms with Crippen molar-refractivity contribution in [3.05, 3.63) is 23.8 Å². The van der Waals surface area contributed by atoms with Gasteiger partial charge in [0.15, 0.2) is 0 Å². The summed E-state index contributed by atoms with van der Waals surface area (Å²) in [6.45, 7) is 11.6. The Kier molecular flexibility index (Phi) is 13.4. The number of nitrogens with two attached hydrogens (primary N) is 1. The first kappa shape index (κ1) is 31.7. The van der Waals surface area contributed by atoms with Crippen LogP contribution < -0.4 is 31.7 Å². The molecular formula is C26H43N5O6. The number of methoxy groups -OCH3 is 1. The monoisotopic (exact) mass is 521 g/mol. The number of primary amides is 1. The largest absolute Gasteiger partial charge is 0.495 e. The number of carbonyl (C=O) groups excluding carboxylic acids is 4. The Balaban J connectivity index is 3.02. The highest BCUT2D eigenvalue weighted by Crippen LogP contribution is 2.26. The first-order valence-corrected chi connectivity index (χ1v) is 12.6. The van der Waals surface area contributed by atoms with E-state index in [2.05, 4.69) is 21.3 Å². The molecule has 0 fully saturated rings. The molecule has 0 saturated heterocycles. The molecule has 1 aromatic carbocycles. The van der Waals surface area contributed by atoms with Gasteiger partial charge in [-0.05, 0) is 36.5 Å². The summed E-state index contributed by atoms with van der Waals surface area (Å²) in [5, 5.41) is 11.4. The second-order valence-corrected chi connectivity index (χ2v) is 9.82. The molecule has 0 heterocycles. The Hall–Kier alpha value is -3.34. The highest BCUT2D eigenvalue weighted by molar-refractivity contribution is 5.98. The molecule has 0 spiro atoms. The zero-order valence-corrected chi connectivity index (χ0v) is 23.0. The Morgan fingerprint density at radius 1 is 1.00 bits per heavy atom. The molecule has 11 nitrogen and oxygen atoms in total. The highest BCUT2D eigenvalue weighted by Gasteiger charge is 2.28. The maximum absolute atomic E-state index is 13.3. The Morgan fingerprint density at radius 2 is 1.68 bits per heavy atom. The van der Waals surface area contributed by atoms with Gasteiger partial charge in [-0.15, -0.1) is 0 Å². The fraction of sp³-hybridized carbons (Fsp3) is 0.615. The quantitative estimate of drug-likeness (QED) is 0.175. The summed E-state index contributed by atoms with van der Waals surface area (Å²) < 4.78 is 10.7. The van der Waals surface area contributed by atoms with E-state index in [9.17, 15) is 19.2 Å². The number of hydrogen-bond donors (Lipinski definition) is 5. The van der Waals surface area contributed by atoms with Crippen molar-refractivity contribution in [2.75, 3.05) is 19.0 Å². The van der Waals surface area contributed by atoms with Crippen LogP contribution in [0.25, 0.3) is 0 Å². The summed E-state index contributed by atoms with van der Waals surface area (Å²) in [7, 11) is 1.47. The van der Waals surface area contributed by atoms with Crippen molar-refractivity contribution in [1.82, 2.24) is 16.0 Å². The number of nitrogens with one attached hydrogen (secondary N) is 4. The van der Waals surface area contributed by atoms with Crippen LogP contribution in [0.5, 0.6) is 5.75 Å². The zero-order valence-electron chi connectivity index (χ0n) is 23.0. The van der Waals surface area contributed by atoms with Crippen LogP contribution in [-0.2, 0) is 25.7 Å². The minimum atomic E-state index is -0.867. The molecule has 0 unspecified atom stereocenters. The van der Waals surface area contributed by atoms with Gasteiger partial charge in [0.2, 0.25) is 11.8 Å². The van der Waals surface area contributed by atoms with Gasteiger partial charge in [0.25, 0.3) is 0 Å². The number of urea groups is 1. The van der Waals surface area contributed by atoms with Crippen molar-refractivity contribution in [3.63, 3.8) is 0 Å². The van der Waals surface area contributed by atoms with Crippen molar-refractivity contribution >= 4 is 29.5 Å². The number of benzene rings is 1. The standard InChI is InChI=1S/C26H43N5O6/c1-15(2)22(29-17(5)6)24(33)31-20(9-8-12-28-26(27)35)23(32)30-19-11-10-18(13-21(19)36-7)14-37-25(34)16(3)4/h10-11,13,15-17,20,22,29H,8-9,12,14H2,1-7H3,(H,30,32)(H,31,33)(H3,27,28,35)/t20-,22-/m0/s1. The zero-order chi connectivity index (χ0) is 28.1. The van der Waals surface area contributed by atoms with Crippen molar-refractivity contribution < 1.29 is 28.7 Å². The molecule has 0 aliphatic rings. The van der Waals surface area contributed by atoms with Gasteiger partial charge in [-0.25, -0.2) is 4.79 Å². The summed E-state index contributed by atoms with van der Waals surface area (Å²) >= 11 is 0. The number of esters is 1. The molecule has 208 valence electrons. The lowest BCUT2D eigenvalue weighted by atomic mass is 10.0. The lowest BCUT2D eigenvalue weighted by Crippen LogP contribution is -2.54. The van der Waals surface area contributed by atoms with Crippen LogP contribution in [0.2, 0.25) is 0 Å². The number of anilines is 1. The molecule has 1 aromatic rings. The third kappa shape index (κ3) is 11.5. The lowest BCUT2D eigenvalue weighted by Gasteiger charge is -2.27. The van der Waals surface area contributed by atoms with E-state index in [4.69, 9.17) is 15.2 Å². The predicted molar refractivity (Wildman–Crippen MR) is 142 cm³/mol. The molecule has 4 amide bonds. The summed E-state index contributed by atoms with van der Waals surface area (Å²) in [6.07, 6.45) is 0.693. The van der Waals surface area contributed by atoms with Gasteiger partial charge in [-0.2, -0.15) is 0 Å². The van der Waals surface area contributed by atoms with E-state index < -0.39 is 24.0 Å². The van der Waals surface area contributed by atoms with Crippen LogP contribution >= 0.6 is 0 Å². The average Bonchev–Trinajstić information content (AvgIpc) is 2.82. The highest BCUT2D eigenvalue weighted by atomic mass is 16.5. The number of rotatable bonds is 15. The normalized spacial score (nSPS) is 12.7. The van der Waals surface area contributed by atoms with E-state index in [-0.39, 0.29) is 49.3 Å². The van der Waals surface area contributed by atoms with E-state index in [0.29, 0.717) is 23.4 Å². The molecule has 1 rings (SSSR count). The molecule has 0 aliphatic carbocycles. The summed E-state index contributed by atoms with van der Waals surface area (Å²) in [5.41, 5.74) is 6.22. The maximum Gasteiger partial charge on any atom is 0.312 e. The van der Waals surface area contributed by atoms with E-state index in [0.717, 1.165) is 0 Å². The van der Waals surface area contributed by atoms with E-state index in [1.54, 1.807) is 32.0 Å². The Labute approximate surface area is 219 Å². The van der Waals surface area contributed by atoms with E-state index >= 15 is 0 Å². The summed E-state index contributed by atoms with van der Waals surface area (Å²) in [6, 6.07) is 3.12. The average molecular weight is 522 g/mol. The third-order valence-corrected chi connectivity index (χ3v) is 5.44. The fourth-order valence-electron chi connectivity index (χ4n) is 3.45. The first-order chi connectivity index (χ1) is 17.3. The first-order valence-electron chi connectivity index (χ1n) is 12.6. The number of amides is 4. The van der Waals surface area contributed by atoms with Crippen LogP contribution in [0, 0.1) is 11.8 Å². The van der Waals surface area contributed by atoms with Crippen LogP contribution in [0.1, 0.15) is 59.9 Å². The molecule has 37 heavy (non-hydrogen) atoms. The minimum absolute atomic E-state index is 0.0000687. The molecule has 0 bridgehead atoms. The second-order valence-electron chi connectivity index (χ2n) is 9.82. The fourth-order valence-corrected chi connectivity index (χ4v) is 3.45. The van der Waals surface area contributed by atoms with Gasteiger partial charge < -0.3 is 36.5 Å². The second kappa shape index (κ2) is 15.7. The van der Waals surface area contributed by atoms with Crippen molar-refractivity contribution in [2.24, 2.45) is 17.6 Å². The molecule has 6 N–H and O–H groups in total. The van der Waals surface area contributed by atoms with Gasteiger partial charge in [-0.3, -0.25) is 14.4 Å². The van der Waals surface area contributed by atoms with Crippen LogP contribution in [0.15, 0.2) is 18.2 Å². The van der Waals surface area contributed by atoms with Crippen molar-refractivity contribution in [3.8, 4) is 5.75 Å². The van der Waals surface area contributed by atoms with Gasteiger partial charge >= 0.3 is 12.0 Å². The Bertz CT molecular complexity index is 919. The van der Waals surface area contributed by atoms with Crippen molar-refractivity contribution in [2.45, 2.75) is 79.1 Å². The lowest BCUT2D eigenvalue weighted by molar-refractivity contribution is -0.148. The maximum atomic E-state index is 13.3. The van der Waals surface area contributed by atoms with E-state index in [1.165, 1.54) is 7.11 Å². The minimum Gasteiger partial charge on any atom is -0.495 e. The smallest absolute Gasteiger partial charge is 0.312 e. The van der Waals surface area contributed by atoms with Crippen molar-refractivity contribution in [1.29, 1.82) is 0 Å². The number of hydrogen-bond acceptors (Lipinski definition) is 7. The molecule has 0 aromatic heterocycles. The molecular weight excluding hydrogens is 478 g/mol. The van der Waals surface area contributed by atoms with Crippen LogP contribution in [0.3, 0.4) is 0 Å². The van der Waals surface area contributed by atoms with Gasteiger partial charge in [-0.1, -0.05) is 47.6 Å². The predicted octanol–water partition coefficient (Wildman–Crippen LogP) is 2.29. The van der Waals surface area contributed by atoms with Crippen LogP contribution in [0.4, 0.5) is 10.5 Å². The van der Waals surface area contributed by atoms with Gasteiger partial charge in [0.05, 0.1) is 24.8 Å². The van der Waals surface area contributed by atoms with E-state index in [1.807, 2.05) is 27.7 Å². The molecule has 11 heteroatoms. The molecule has 0 radical (unpaired) electrons. The van der Waals surface area contributed by atoms with Gasteiger partial charge in [0, 0.05) is 12.6 Å². The molecule has 2 atom stereocenters.